The molecule has 4 aromatic carbocycles. The summed E-state index contributed by atoms with van der Waals surface area (Å²) in [7, 11) is -1.27. The van der Waals surface area contributed by atoms with Crippen molar-refractivity contribution < 1.29 is 89.6 Å². The Labute approximate surface area is 651 Å². The molecule has 34 heteroatoms. The lowest BCUT2D eigenvalue weighted by atomic mass is 10.0. The van der Waals surface area contributed by atoms with E-state index in [1.54, 1.807) is 29.3 Å². The standard InChI is InChI=1S/C72H95Cl6N7O19Si2/c1-69(2,3)105(10,11)103-65-57-37-49(47-15-19-51(90-7)20-16-47)43-82(57)63(86)53-39-59(91-8)61(41-55(53)84(65)67(88)101-45-71(73,74)75)99-24-14-25-100-62-42-56-54(40-60(62)92-9)64(87)83-44-50(38-58(83)66(104-106(12,13)70(4,5)6)85(56)68(89)102-46-72(76,77)78)48-17-21-52(22-18-48)98-36-35-97-34-33-96-32-31-95-30-29-94-28-27-93-26-23-80-81-79/h15-22,39-44,57-58,65-66H,14,23-38,45-46H2,1-13H3. The molecule has 4 heterocycles. The number of amides is 4. The van der Waals surface area contributed by atoms with Crippen molar-refractivity contribution in [1.29, 1.82) is 0 Å². The highest BCUT2D eigenvalue weighted by Crippen LogP contribution is 2.50. The van der Waals surface area contributed by atoms with Crippen LogP contribution in [0.3, 0.4) is 0 Å². The average molecular weight is 1630 g/mol. The van der Waals surface area contributed by atoms with Crippen LogP contribution in [0, 0.1) is 0 Å². The summed E-state index contributed by atoms with van der Waals surface area (Å²) in [6.45, 7) is 23.6. The molecule has 106 heavy (non-hydrogen) atoms. The third-order valence-electron chi connectivity index (χ3n) is 18.8. The maximum absolute atomic E-state index is 15.4. The number of carbonyl (C=O) groups excluding carboxylic acids is 4. The summed E-state index contributed by atoms with van der Waals surface area (Å²) in [4.78, 5) is 69.0. The Bertz CT molecular complexity index is 3780. The van der Waals surface area contributed by atoms with Gasteiger partial charge >= 0.3 is 12.2 Å². The number of azide groups is 1. The number of anilines is 2. The van der Waals surface area contributed by atoms with Crippen molar-refractivity contribution in [3.8, 4) is 34.5 Å². The van der Waals surface area contributed by atoms with Gasteiger partial charge in [0.25, 0.3) is 11.8 Å². The van der Waals surface area contributed by atoms with Gasteiger partial charge in [0.15, 0.2) is 52.1 Å². The number of rotatable bonds is 36. The molecule has 0 bridgehead atoms. The molecule has 582 valence electrons. The largest absolute Gasteiger partial charge is 0.497 e. The van der Waals surface area contributed by atoms with Gasteiger partial charge in [-0.05, 0) is 113 Å². The van der Waals surface area contributed by atoms with E-state index in [0.717, 1.165) is 22.3 Å². The number of hydrogen-bond donors (Lipinski definition) is 0. The predicted molar refractivity (Wildman–Crippen MR) is 412 cm³/mol. The molecule has 0 saturated heterocycles. The minimum Gasteiger partial charge on any atom is -0.497 e. The highest BCUT2D eigenvalue weighted by Gasteiger charge is 2.54. The molecule has 0 fully saturated rings. The fourth-order valence-corrected chi connectivity index (χ4v) is 14.0. The van der Waals surface area contributed by atoms with Gasteiger partial charge in [-0.3, -0.25) is 9.59 Å². The van der Waals surface area contributed by atoms with Gasteiger partial charge in [0.05, 0.1) is 135 Å². The lowest BCUT2D eigenvalue weighted by Crippen LogP contribution is -2.58. The third kappa shape index (κ3) is 22.7. The average Bonchev–Trinajstić information content (AvgIpc) is 1.58. The SMILES string of the molecule is COc1ccc(C2=CN3C(=O)c4cc(OC)c(OCCCOc5cc6c(cc5OC)C(=O)N5C=C(c7ccc(OCCOCCOCCOCCOCCOCCN=[N+]=[N-])cc7)CC5C(O[Si](C)(C)C(C)(C)C)N6C(=O)OCC(Cl)(Cl)Cl)cc4N(C(=O)OCC(Cl)(Cl)Cl)C(O[Si](C)(C)C(C)(C)C)C3C2)cc1. The zero-order chi connectivity index (χ0) is 77.4. The first-order valence-electron chi connectivity index (χ1n) is 34.6. The highest BCUT2D eigenvalue weighted by atomic mass is 35.6. The van der Waals surface area contributed by atoms with Crippen LogP contribution >= 0.6 is 69.6 Å². The summed E-state index contributed by atoms with van der Waals surface area (Å²) in [6.07, 6.45) is 0.0214. The van der Waals surface area contributed by atoms with E-state index in [1.807, 2.05) is 74.7 Å². The molecule has 4 aliphatic heterocycles. The molecule has 0 radical (unpaired) electrons. The molecule has 0 aromatic heterocycles. The summed E-state index contributed by atoms with van der Waals surface area (Å²) >= 11 is 37.3. The van der Waals surface area contributed by atoms with Crippen LogP contribution in [0.1, 0.15) is 92.6 Å². The Hall–Kier alpha value is -6.16. The monoisotopic (exact) mass is 1630 g/mol. The van der Waals surface area contributed by atoms with Gasteiger partial charge in [0, 0.05) is 42.4 Å². The number of methoxy groups -OCH3 is 3. The van der Waals surface area contributed by atoms with E-state index in [2.05, 4.69) is 51.6 Å². The van der Waals surface area contributed by atoms with Crippen LogP contribution in [-0.4, -0.2) is 210 Å². The zero-order valence-corrected chi connectivity index (χ0v) is 68.5. The van der Waals surface area contributed by atoms with Gasteiger partial charge in [-0.2, -0.15) is 0 Å². The molecule has 4 unspecified atom stereocenters. The molecular weight excluding hydrogens is 1540 g/mol. The molecule has 0 spiro atoms. The van der Waals surface area contributed by atoms with E-state index < -0.39 is 91.0 Å². The normalized spacial score (nSPS) is 17.6. The molecule has 4 atom stereocenters. The third-order valence-corrected chi connectivity index (χ3v) is 28.3. The molecule has 26 nitrogen and oxygen atoms in total. The van der Waals surface area contributed by atoms with Gasteiger partial charge in [0.1, 0.15) is 31.3 Å². The highest BCUT2D eigenvalue weighted by molar-refractivity contribution is 6.74. The lowest BCUT2D eigenvalue weighted by Gasteiger charge is -2.44. The van der Waals surface area contributed by atoms with E-state index in [0.29, 0.717) is 77.6 Å². The Kier molecular flexibility index (Phi) is 30.6. The molecule has 0 saturated carbocycles. The number of ether oxygens (including phenoxy) is 13. The number of carbonyl (C=O) groups is 4. The van der Waals surface area contributed by atoms with Gasteiger partial charge < -0.3 is 80.2 Å². The van der Waals surface area contributed by atoms with Crippen LogP contribution in [0.2, 0.25) is 36.3 Å². The first-order chi connectivity index (χ1) is 50.1. The van der Waals surface area contributed by atoms with Crippen LogP contribution in [0.25, 0.3) is 21.6 Å². The number of halogens is 6. The number of fused-ring (bicyclic) bond motifs is 4. The van der Waals surface area contributed by atoms with Crippen molar-refractivity contribution in [3.05, 3.63) is 118 Å². The Morgan fingerprint density at radius 3 is 1.22 bits per heavy atom. The second-order valence-electron chi connectivity index (χ2n) is 28.1. The van der Waals surface area contributed by atoms with E-state index in [1.165, 1.54) is 48.3 Å². The van der Waals surface area contributed by atoms with E-state index in [9.17, 15) is 4.79 Å². The summed E-state index contributed by atoms with van der Waals surface area (Å²) in [6, 6.07) is 19.4. The molecular formula is C72H95Cl6N7O19Si2. The smallest absolute Gasteiger partial charge is 0.416 e. The van der Waals surface area contributed by atoms with Crippen molar-refractivity contribution in [2.75, 3.05) is 137 Å². The quantitative estimate of drug-likeness (QED) is 0.0102. The summed E-state index contributed by atoms with van der Waals surface area (Å²) in [5.74, 6) is 0.922. The van der Waals surface area contributed by atoms with E-state index in [-0.39, 0.29) is 96.2 Å². The van der Waals surface area contributed by atoms with Gasteiger partial charge in [-0.15, -0.1) is 0 Å². The maximum atomic E-state index is 15.4. The van der Waals surface area contributed by atoms with Crippen molar-refractivity contribution in [1.82, 2.24) is 9.80 Å². The summed E-state index contributed by atoms with van der Waals surface area (Å²) in [5.41, 5.74) is 11.8. The first kappa shape index (κ1) is 85.5. The second kappa shape index (κ2) is 38.0. The molecule has 4 amide bonds. The molecule has 8 rings (SSSR count). The van der Waals surface area contributed by atoms with Crippen molar-refractivity contribution in [2.45, 2.75) is 129 Å². The number of hydrogen-bond acceptors (Lipinski definition) is 20. The minimum atomic E-state index is -2.88. The number of nitrogens with zero attached hydrogens (tertiary/aromatic N) is 7. The fourth-order valence-electron chi connectivity index (χ4n) is 11.2. The first-order valence-corrected chi connectivity index (χ1v) is 42.6. The predicted octanol–water partition coefficient (Wildman–Crippen LogP) is 16.2. The van der Waals surface area contributed by atoms with Crippen LogP contribution < -0.4 is 38.2 Å². The van der Waals surface area contributed by atoms with Crippen LogP contribution in [0.15, 0.2) is 90.3 Å². The van der Waals surface area contributed by atoms with Crippen molar-refractivity contribution in [3.63, 3.8) is 0 Å². The molecule has 4 aliphatic rings. The minimum absolute atomic E-state index is 0.0236. The van der Waals surface area contributed by atoms with Crippen LogP contribution in [-0.2, 0) is 42.0 Å². The Balaban J connectivity index is 1.00. The van der Waals surface area contributed by atoms with Gasteiger partial charge in [-0.1, -0.05) is 141 Å². The molecule has 0 N–H and O–H groups in total. The number of alkyl halides is 6. The van der Waals surface area contributed by atoms with E-state index in [4.69, 9.17) is 146 Å². The van der Waals surface area contributed by atoms with Crippen molar-refractivity contribution >= 4 is 133 Å². The Morgan fingerprint density at radius 2 is 0.868 bits per heavy atom. The summed E-state index contributed by atoms with van der Waals surface area (Å²) in [5, 5.41) is 2.63. The van der Waals surface area contributed by atoms with Gasteiger partial charge in [-0.25, -0.2) is 19.4 Å². The van der Waals surface area contributed by atoms with Gasteiger partial charge in [0.2, 0.25) is 7.59 Å². The fraction of sp³-hybridized carbons (Fsp3) is 0.556. The van der Waals surface area contributed by atoms with Crippen LogP contribution in [0.5, 0.6) is 34.5 Å². The lowest BCUT2D eigenvalue weighted by molar-refractivity contribution is -0.0122. The summed E-state index contributed by atoms with van der Waals surface area (Å²) < 4.78 is 86.0. The van der Waals surface area contributed by atoms with E-state index >= 15 is 14.4 Å². The molecule has 0 aliphatic carbocycles. The maximum Gasteiger partial charge on any atom is 0.416 e. The zero-order valence-electron chi connectivity index (χ0n) is 62.0. The number of benzene rings is 4. The Morgan fingerprint density at radius 1 is 0.500 bits per heavy atom. The molecule has 4 aromatic rings. The second-order valence-corrected chi connectivity index (χ2v) is 42.6. The van der Waals surface area contributed by atoms with Crippen LogP contribution in [0.4, 0.5) is 21.0 Å². The topological polar surface area (TPSA) is 268 Å². The van der Waals surface area contributed by atoms with Crippen molar-refractivity contribution in [2.24, 2.45) is 5.11 Å².